The molecule has 0 atom stereocenters. The first-order valence-corrected chi connectivity index (χ1v) is 4.42. The highest BCUT2D eigenvalue weighted by molar-refractivity contribution is 6.07. The van der Waals surface area contributed by atoms with Gasteiger partial charge in [-0.05, 0) is 25.2 Å². The monoisotopic (exact) mass is 226 g/mol. The molecule has 1 rings (SSSR count). The molecule has 0 aliphatic heterocycles. The number of ketones is 1. The number of carbonyl (C=O) groups excluding carboxylic acids is 2. The van der Waals surface area contributed by atoms with E-state index in [1.165, 1.54) is 19.2 Å². The van der Waals surface area contributed by atoms with Crippen molar-refractivity contribution in [3.63, 3.8) is 0 Å². The van der Waals surface area contributed by atoms with Gasteiger partial charge < -0.3 is 21.7 Å². The highest BCUT2D eigenvalue weighted by atomic mass is 16.3. The zero-order valence-electron chi connectivity index (χ0n) is 8.80. The van der Waals surface area contributed by atoms with Crippen LogP contribution in [0.2, 0.25) is 0 Å². The van der Waals surface area contributed by atoms with E-state index in [1.54, 1.807) is 0 Å². The van der Waals surface area contributed by atoms with Gasteiger partial charge in [0.05, 0.1) is 6.42 Å². The molecule has 0 aliphatic carbocycles. The van der Waals surface area contributed by atoms with E-state index in [1.807, 2.05) is 0 Å². The molecule has 6 N–H and O–H groups in total. The number of phenols is 2. The average molecular weight is 226 g/mol. The lowest BCUT2D eigenvalue weighted by Gasteiger charge is -2.00. The summed E-state index contributed by atoms with van der Waals surface area (Å²) in [5, 5.41) is 18.0. The number of carbonyl (C=O) groups is 2. The molecular weight excluding hydrogens is 212 g/mol. The summed E-state index contributed by atoms with van der Waals surface area (Å²) >= 11 is 0. The van der Waals surface area contributed by atoms with Crippen molar-refractivity contribution in [1.29, 1.82) is 0 Å². The fraction of sp³-hybridized carbons (Fsp3) is 0.200. The molecule has 0 unspecified atom stereocenters. The van der Waals surface area contributed by atoms with E-state index in [2.05, 4.69) is 5.73 Å². The molecule has 0 aliphatic rings. The van der Waals surface area contributed by atoms with Crippen LogP contribution >= 0.6 is 0 Å². The third-order valence-corrected chi connectivity index (χ3v) is 1.63. The third kappa shape index (κ3) is 3.97. The van der Waals surface area contributed by atoms with Crippen LogP contribution in [-0.4, -0.2) is 29.0 Å². The lowest BCUT2D eigenvalue weighted by molar-refractivity contribution is -0.117. The molecule has 1 aromatic carbocycles. The number of benzene rings is 1. The van der Waals surface area contributed by atoms with Crippen molar-refractivity contribution in [2.45, 2.75) is 6.42 Å². The predicted octanol–water partition coefficient (Wildman–Crippen LogP) is -0.269. The van der Waals surface area contributed by atoms with Gasteiger partial charge in [0.15, 0.2) is 17.3 Å². The molecule has 0 saturated heterocycles. The van der Waals surface area contributed by atoms with Crippen LogP contribution in [0.5, 0.6) is 11.5 Å². The van der Waals surface area contributed by atoms with Crippen molar-refractivity contribution < 1.29 is 19.8 Å². The molecule has 6 nitrogen and oxygen atoms in total. The summed E-state index contributed by atoms with van der Waals surface area (Å²) in [7, 11) is 1.50. The second-order valence-corrected chi connectivity index (χ2v) is 2.77. The summed E-state index contributed by atoms with van der Waals surface area (Å²) in [5.41, 5.74) is 9.47. The van der Waals surface area contributed by atoms with Crippen LogP contribution in [0.3, 0.4) is 0 Å². The number of phenolic OH excluding ortho intramolecular Hbond substituents is 2. The number of aromatic hydroxyl groups is 2. The molecule has 0 heterocycles. The van der Waals surface area contributed by atoms with Gasteiger partial charge in [0.25, 0.3) is 0 Å². The summed E-state index contributed by atoms with van der Waals surface area (Å²) in [6.45, 7) is 0. The molecule has 0 saturated carbocycles. The van der Waals surface area contributed by atoms with Crippen LogP contribution in [0, 0.1) is 0 Å². The second-order valence-electron chi connectivity index (χ2n) is 2.77. The summed E-state index contributed by atoms with van der Waals surface area (Å²) in [4.78, 5) is 21.6. The van der Waals surface area contributed by atoms with E-state index in [4.69, 9.17) is 15.9 Å². The van der Waals surface area contributed by atoms with Crippen molar-refractivity contribution in [3.8, 4) is 11.5 Å². The number of rotatable bonds is 3. The highest BCUT2D eigenvalue weighted by Gasteiger charge is 2.10. The van der Waals surface area contributed by atoms with E-state index in [-0.39, 0.29) is 11.3 Å². The molecule has 1 amide bonds. The van der Waals surface area contributed by atoms with E-state index in [9.17, 15) is 9.59 Å². The maximum atomic E-state index is 11.2. The molecule has 0 aromatic heterocycles. The first-order chi connectivity index (χ1) is 7.50. The number of hydrogen-bond donors (Lipinski definition) is 4. The lowest BCUT2D eigenvalue weighted by Crippen LogP contribution is -2.16. The van der Waals surface area contributed by atoms with Gasteiger partial charge in [-0.1, -0.05) is 0 Å². The molecule has 0 fully saturated rings. The summed E-state index contributed by atoms with van der Waals surface area (Å²) in [6, 6.07) is 3.56. The highest BCUT2D eigenvalue weighted by Crippen LogP contribution is 2.25. The van der Waals surface area contributed by atoms with Crippen molar-refractivity contribution >= 4 is 11.7 Å². The Balaban J connectivity index is 0.00000106. The molecule has 0 radical (unpaired) electrons. The molecule has 88 valence electrons. The maximum absolute atomic E-state index is 11.2. The Kier molecular flexibility index (Phi) is 5.58. The maximum Gasteiger partial charge on any atom is 0.225 e. The minimum atomic E-state index is -0.734. The van der Waals surface area contributed by atoms with E-state index >= 15 is 0 Å². The van der Waals surface area contributed by atoms with Crippen molar-refractivity contribution in [3.05, 3.63) is 23.8 Å². The number of hydrogen-bond acceptors (Lipinski definition) is 5. The van der Waals surface area contributed by atoms with Gasteiger partial charge in [-0.15, -0.1) is 0 Å². The molecule has 6 heteroatoms. The number of nitrogens with two attached hydrogens (primary N) is 2. The van der Waals surface area contributed by atoms with Crippen LogP contribution in [0.4, 0.5) is 0 Å². The third-order valence-electron chi connectivity index (χ3n) is 1.63. The zero-order valence-corrected chi connectivity index (χ0v) is 8.80. The Morgan fingerprint density at radius 1 is 1.19 bits per heavy atom. The van der Waals surface area contributed by atoms with Crippen LogP contribution in [0.1, 0.15) is 16.8 Å². The van der Waals surface area contributed by atoms with Crippen LogP contribution in [-0.2, 0) is 4.79 Å². The molecule has 0 bridgehead atoms. The van der Waals surface area contributed by atoms with Crippen LogP contribution < -0.4 is 11.5 Å². The van der Waals surface area contributed by atoms with Crippen LogP contribution in [0.15, 0.2) is 18.2 Å². The number of amides is 1. The van der Waals surface area contributed by atoms with E-state index < -0.39 is 23.9 Å². The normalized spacial score (nSPS) is 8.88. The Labute approximate surface area is 92.5 Å². The van der Waals surface area contributed by atoms with Gasteiger partial charge in [-0.2, -0.15) is 0 Å². The Bertz CT molecular complexity index is 390. The minimum absolute atomic E-state index is 0.138. The number of Topliss-reactive ketones (excluding diaryl/α,β-unsaturated/α-hetero) is 1. The Morgan fingerprint density at radius 2 is 1.75 bits per heavy atom. The van der Waals surface area contributed by atoms with Crippen molar-refractivity contribution in [2.75, 3.05) is 7.05 Å². The summed E-state index contributed by atoms with van der Waals surface area (Å²) in [6.07, 6.45) is -0.412. The smallest absolute Gasteiger partial charge is 0.225 e. The van der Waals surface area contributed by atoms with Crippen molar-refractivity contribution in [1.82, 2.24) is 0 Å². The standard InChI is InChI=1S/C9H9NO4.CH5N/c10-9(14)4-7(12)5-1-2-6(11)8(13)3-5;1-2/h1-3,11,13H,4H2,(H2,10,14);2H2,1H3. The topological polar surface area (TPSA) is 127 Å². The van der Waals surface area contributed by atoms with Gasteiger partial charge in [-0.25, -0.2) is 0 Å². The van der Waals surface area contributed by atoms with Gasteiger partial charge in [0.2, 0.25) is 5.91 Å². The zero-order chi connectivity index (χ0) is 12.7. The largest absolute Gasteiger partial charge is 0.504 e. The Hall–Kier alpha value is -2.08. The lowest BCUT2D eigenvalue weighted by atomic mass is 10.1. The first kappa shape index (κ1) is 13.9. The SMILES string of the molecule is CN.NC(=O)CC(=O)c1ccc(O)c(O)c1. The van der Waals surface area contributed by atoms with E-state index in [0.717, 1.165) is 6.07 Å². The fourth-order valence-corrected chi connectivity index (χ4v) is 0.957. The van der Waals surface area contributed by atoms with Crippen LogP contribution in [0.25, 0.3) is 0 Å². The summed E-state index contributed by atoms with van der Waals surface area (Å²) in [5.74, 6) is -1.95. The summed E-state index contributed by atoms with van der Waals surface area (Å²) < 4.78 is 0. The average Bonchev–Trinajstić information content (AvgIpc) is 2.24. The molecule has 0 spiro atoms. The van der Waals surface area contributed by atoms with Crippen molar-refractivity contribution in [2.24, 2.45) is 11.5 Å². The quantitative estimate of drug-likeness (QED) is 0.320. The fourth-order valence-electron chi connectivity index (χ4n) is 0.957. The van der Waals surface area contributed by atoms with E-state index in [0.29, 0.717) is 0 Å². The van der Waals surface area contributed by atoms with Gasteiger partial charge >= 0.3 is 0 Å². The molecule has 1 aromatic rings. The van der Waals surface area contributed by atoms with Gasteiger partial charge in [0.1, 0.15) is 0 Å². The minimum Gasteiger partial charge on any atom is -0.504 e. The predicted molar refractivity (Wildman–Crippen MR) is 58.0 cm³/mol. The second kappa shape index (κ2) is 6.41. The first-order valence-electron chi connectivity index (χ1n) is 4.42. The van der Waals surface area contributed by atoms with Gasteiger partial charge in [-0.3, -0.25) is 9.59 Å². The molecular formula is C10H14N2O4. The van der Waals surface area contributed by atoms with Gasteiger partial charge in [0, 0.05) is 5.56 Å². The number of primary amides is 1. The molecule has 16 heavy (non-hydrogen) atoms. The Morgan fingerprint density at radius 3 is 2.19 bits per heavy atom.